The van der Waals surface area contributed by atoms with E-state index in [4.69, 9.17) is 5.73 Å². The molecule has 0 saturated heterocycles. The van der Waals surface area contributed by atoms with Crippen LogP contribution in [0.15, 0.2) is 6.07 Å². The van der Waals surface area contributed by atoms with Crippen molar-refractivity contribution in [3.05, 3.63) is 11.8 Å². The minimum absolute atomic E-state index is 0. The Balaban J connectivity index is 0.00000256. The van der Waals surface area contributed by atoms with Gasteiger partial charge in [0.05, 0.1) is 11.2 Å². The zero-order valence-corrected chi connectivity index (χ0v) is 11.6. The monoisotopic (exact) mass is 260 g/mol. The van der Waals surface area contributed by atoms with Crippen LogP contribution >= 0.6 is 12.4 Å². The van der Waals surface area contributed by atoms with Crippen LogP contribution in [0.4, 0.5) is 5.82 Å². The zero-order chi connectivity index (χ0) is 12.3. The van der Waals surface area contributed by atoms with Crippen molar-refractivity contribution in [2.24, 2.45) is 12.8 Å². The first kappa shape index (κ1) is 15.9. The fourth-order valence-corrected chi connectivity index (χ4v) is 1.62. The number of aromatic nitrogens is 2. The first-order valence-corrected chi connectivity index (χ1v) is 5.48. The summed E-state index contributed by atoms with van der Waals surface area (Å²) in [5.41, 5.74) is 5.97. The Labute approximate surface area is 108 Å². The number of nitrogens with one attached hydrogen (secondary N) is 1. The van der Waals surface area contributed by atoms with E-state index in [1.54, 1.807) is 18.7 Å². The molecule has 0 spiro atoms. The van der Waals surface area contributed by atoms with E-state index in [0.717, 1.165) is 12.1 Å². The molecule has 1 unspecified atom stereocenters. The van der Waals surface area contributed by atoms with Gasteiger partial charge in [-0.1, -0.05) is 13.3 Å². The van der Waals surface area contributed by atoms with Gasteiger partial charge in [0.1, 0.15) is 5.82 Å². The summed E-state index contributed by atoms with van der Waals surface area (Å²) in [7, 11) is 1.79. The number of amides is 1. The molecule has 3 N–H and O–H groups in total. The van der Waals surface area contributed by atoms with Crippen molar-refractivity contribution < 1.29 is 4.79 Å². The van der Waals surface area contributed by atoms with Gasteiger partial charge in [0.2, 0.25) is 5.91 Å². The number of halogens is 1. The maximum absolute atomic E-state index is 11.9. The Morgan fingerprint density at radius 1 is 1.65 bits per heavy atom. The number of nitrogens with zero attached hydrogens (tertiary/aromatic N) is 2. The van der Waals surface area contributed by atoms with Crippen LogP contribution in [-0.2, 0) is 11.8 Å². The number of aryl methyl sites for hydroxylation is 2. The van der Waals surface area contributed by atoms with E-state index in [9.17, 15) is 4.79 Å². The minimum Gasteiger partial charge on any atom is -0.318 e. The lowest BCUT2D eigenvalue weighted by Gasteiger charge is -2.22. The summed E-state index contributed by atoms with van der Waals surface area (Å²) in [6, 6.07) is 1.82. The maximum Gasteiger partial charge on any atom is 0.245 e. The standard InChI is InChI=1S/C11H20N4O.ClH/c1-5-6-11(3,12)10(16)13-9-7-8(2)14-15(9)4;/h7H,5-6,12H2,1-4H3,(H,13,16);1H. The van der Waals surface area contributed by atoms with Crippen LogP contribution in [0, 0.1) is 6.92 Å². The predicted octanol–water partition coefficient (Wildman–Crippen LogP) is 1.61. The molecule has 1 amide bonds. The van der Waals surface area contributed by atoms with Crippen molar-refractivity contribution in [3.8, 4) is 0 Å². The van der Waals surface area contributed by atoms with Crippen molar-refractivity contribution in [2.75, 3.05) is 5.32 Å². The molecule has 98 valence electrons. The first-order valence-electron chi connectivity index (χ1n) is 5.48. The highest BCUT2D eigenvalue weighted by Gasteiger charge is 2.27. The van der Waals surface area contributed by atoms with Crippen LogP contribution in [0.3, 0.4) is 0 Å². The van der Waals surface area contributed by atoms with Crippen LogP contribution < -0.4 is 11.1 Å². The number of rotatable bonds is 4. The third kappa shape index (κ3) is 4.02. The third-order valence-electron chi connectivity index (χ3n) is 2.53. The van der Waals surface area contributed by atoms with Crippen molar-refractivity contribution in [1.29, 1.82) is 0 Å². The summed E-state index contributed by atoms with van der Waals surface area (Å²) in [5.74, 6) is 0.507. The molecule has 0 aromatic carbocycles. The molecule has 0 bridgehead atoms. The van der Waals surface area contributed by atoms with Gasteiger partial charge in [0, 0.05) is 13.1 Å². The Morgan fingerprint density at radius 3 is 2.65 bits per heavy atom. The molecule has 1 aromatic heterocycles. The predicted molar refractivity (Wildman–Crippen MR) is 71.3 cm³/mol. The van der Waals surface area contributed by atoms with Gasteiger partial charge < -0.3 is 11.1 Å². The van der Waals surface area contributed by atoms with Gasteiger partial charge in [-0.25, -0.2) is 0 Å². The summed E-state index contributed by atoms with van der Waals surface area (Å²) in [6.45, 7) is 5.63. The number of hydrogen-bond donors (Lipinski definition) is 2. The van der Waals surface area contributed by atoms with E-state index < -0.39 is 5.54 Å². The lowest BCUT2D eigenvalue weighted by molar-refractivity contribution is -0.120. The van der Waals surface area contributed by atoms with Gasteiger partial charge in [0.25, 0.3) is 0 Å². The van der Waals surface area contributed by atoms with E-state index in [-0.39, 0.29) is 18.3 Å². The fraction of sp³-hybridized carbons (Fsp3) is 0.636. The smallest absolute Gasteiger partial charge is 0.245 e. The molecule has 1 aromatic rings. The van der Waals surface area contributed by atoms with Crippen LogP contribution in [-0.4, -0.2) is 21.2 Å². The Morgan fingerprint density at radius 2 is 2.24 bits per heavy atom. The zero-order valence-electron chi connectivity index (χ0n) is 10.8. The minimum atomic E-state index is -0.826. The number of nitrogens with two attached hydrogens (primary N) is 1. The second-order valence-corrected chi connectivity index (χ2v) is 4.42. The SMILES string of the molecule is CCCC(C)(N)C(=O)Nc1cc(C)nn1C.Cl. The van der Waals surface area contributed by atoms with Crippen molar-refractivity contribution in [3.63, 3.8) is 0 Å². The van der Waals surface area contributed by atoms with Crippen LogP contribution in [0.2, 0.25) is 0 Å². The lowest BCUT2D eigenvalue weighted by atomic mass is 9.97. The quantitative estimate of drug-likeness (QED) is 0.864. The summed E-state index contributed by atoms with van der Waals surface area (Å²) < 4.78 is 1.63. The molecule has 0 aliphatic heterocycles. The van der Waals surface area contributed by atoms with Crippen LogP contribution in [0.5, 0.6) is 0 Å². The van der Waals surface area contributed by atoms with E-state index in [2.05, 4.69) is 10.4 Å². The van der Waals surface area contributed by atoms with Crippen LogP contribution in [0.25, 0.3) is 0 Å². The number of anilines is 1. The average Bonchev–Trinajstić information content (AvgIpc) is 2.45. The number of carbonyl (C=O) groups is 1. The normalized spacial score (nSPS) is 13.7. The topological polar surface area (TPSA) is 72.9 Å². The fourth-order valence-electron chi connectivity index (χ4n) is 1.62. The molecule has 0 radical (unpaired) electrons. The molecule has 0 saturated carbocycles. The molecule has 0 aliphatic carbocycles. The molecule has 1 rings (SSSR count). The highest BCUT2D eigenvalue weighted by Crippen LogP contribution is 2.14. The second-order valence-electron chi connectivity index (χ2n) is 4.42. The highest BCUT2D eigenvalue weighted by atomic mass is 35.5. The molecule has 0 fully saturated rings. The summed E-state index contributed by atoms with van der Waals surface area (Å²) in [6.07, 6.45) is 1.54. The molecule has 1 heterocycles. The van der Waals surface area contributed by atoms with Gasteiger partial charge in [0.15, 0.2) is 0 Å². The number of carbonyl (C=O) groups excluding carboxylic acids is 1. The van der Waals surface area contributed by atoms with Gasteiger partial charge in [-0.2, -0.15) is 5.10 Å². The lowest BCUT2D eigenvalue weighted by Crippen LogP contribution is -2.48. The van der Waals surface area contributed by atoms with E-state index in [1.807, 2.05) is 19.9 Å². The Kier molecular flexibility index (Phi) is 5.64. The summed E-state index contributed by atoms with van der Waals surface area (Å²) >= 11 is 0. The van der Waals surface area contributed by atoms with Gasteiger partial charge in [-0.05, 0) is 20.3 Å². The Hall–Kier alpha value is -1.07. The molecule has 0 aliphatic rings. The van der Waals surface area contributed by atoms with E-state index >= 15 is 0 Å². The highest BCUT2D eigenvalue weighted by molar-refractivity contribution is 5.97. The maximum atomic E-state index is 11.9. The average molecular weight is 261 g/mol. The number of hydrogen-bond acceptors (Lipinski definition) is 3. The largest absolute Gasteiger partial charge is 0.318 e. The van der Waals surface area contributed by atoms with E-state index in [0.29, 0.717) is 12.2 Å². The van der Waals surface area contributed by atoms with Crippen molar-refractivity contribution >= 4 is 24.1 Å². The van der Waals surface area contributed by atoms with Gasteiger partial charge >= 0.3 is 0 Å². The summed E-state index contributed by atoms with van der Waals surface area (Å²) in [5, 5.41) is 6.95. The van der Waals surface area contributed by atoms with Crippen LogP contribution in [0.1, 0.15) is 32.4 Å². The summed E-state index contributed by atoms with van der Waals surface area (Å²) in [4.78, 5) is 11.9. The van der Waals surface area contributed by atoms with Gasteiger partial charge in [-0.15, -0.1) is 12.4 Å². The second kappa shape index (κ2) is 6.02. The molecule has 6 heteroatoms. The Bertz CT molecular complexity index is 387. The molecule has 5 nitrogen and oxygen atoms in total. The molecular weight excluding hydrogens is 240 g/mol. The molecule has 17 heavy (non-hydrogen) atoms. The first-order chi connectivity index (χ1) is 7.36. The van der Waals surface area contributed by atoms with Crippen molar-refractivity contribution in [1.82, 2.24) is 9.78 Å². The molecular formula is C11H21ClN4O. The van der Waals surface area contributed by atoms with E-state index in [1.165, 1.54) is 0 Å². The molecule has 1 atom stereocenters. The third-order valence-corrected chi connectivity index (χ3v) is 2.53. The van der Waals surface area contributed by atoms with Crippen molar-refractivity contribution in [2.45, 2.75) is 39.2 Å². The van der Waals surface area contributed by atoms with Gasteiger partial charge in [-0.3, -0.25) is 9.48 Å².